The number of thiophene rings is 1. The maximum atomic E-state index is 5.95. The van der Waals surface area contributed by atoms with E-state index in [0.29, 0.717) is 5.92 Å². The smallest absolute Gasteiger partial charge is 0.0932 e. The molecule has 0 aliphatic carbocycles. The van der Waals surface area contributed by atoms with E-state index in [1.165, 1.54) is 10.4 Å². The Bertz CT molecular complexity index is 501. The molecule has 1 nitrogen and oxygen atoms in total. The van der Waals surface area contributed by atoms with Gasteiger partial charge in [-0.25, -0.2) is 0 Å². The second-order valence-corrected chi connectivity index (χ2v) is 6.53. The Kier molecular flexibility index (Phi) is 4.31. The maximum Gasteiger partial charge on any atom is 0.0932 e. The SMILES string of the molecule is CC(C)c1ccc(NC(C)c2ccc(Cl)s2)cc1. The van der Waals surface area contributed by atoms with Gasteiger partial charge in [0.25, 0.3) is 0 Å². The molecule has 0 aliphatic rings. The van der Waals surface area contributed by atoms with Gasteiger partial charge in [-0.05, 0) is 42.7 Å². The molecule has 1 unspecified atom stereocenters. The van der Waals surface area contributed by atoms with E-state index < -0.39 is 0 Å². The van der Waals surface area contributed by atoms with Crippen molar-refractivity contribution in [3.8, 4) is 0 Å². The first-order chi connectivity index (χ1) is 8.56. The highest BCUT2D eigenvalue weighted by molar-refractivity contribution is 7.16. The van der Waals surface area contributed by atoms with Crippen molar-refractivity contribution in [1.82, 2.24) is 0 Å². The lowest BCUT2D eigenvalue weighted by molar-refractivity contribution is 0.864. The van der Waals surface area contributed by atoms with E-state index in [1.54, 1.807) is 11.3 Å². The summed E-state index contributed by atoms with van der Waals surface area (Å²) in [7, 11) is 0. The van der Waals surface area contributed by atoms with Crippen molar-refractivity contribution in [2.45, 2.75) is 32.7 Å². The van der Waals surface area contributed by atoms with E-state index in [1.807, 2.05) is 6.07 Å². The predicted molar refractivity (Wildman–Crippen MR) is 81.9 cm³/mol. The molecule has 1 heterocycles. The van der Waals surface area contributed by atoms with Gasteiger partial charge >= 0.3 is 0 Å². The minimum Gasteiger partial charge on any atom is -0.378 e. The molecule has 1 aromatic heterocycles. The summed E-state index contributed by atoms with van der Waals surface area (Å²) in [5.41, 5.74) is 2.52. The lowest BCUT2D eigenvalue weighted by Gasteiger charge is -2.14. The van der Waals surface area contributed by atoms with Crippen LogP contribution in [0.2, 0.25) is 4.34 Å². The topological polar surface area (TPSA) is 12.0 Å². The number of benzene rings is 1. The zero-order valence-corrected chi connectivity index (χ0v) is 12.5. The molecule has 3 heteroatoms. The molecule has 1 aromatic carbocycles. The Morgan fingerprint density at radius 3 is 2.17 bits per heavy atom. The monoisotopic (exact) mass is 279 g/mol. The third kappa shape index (κ3) is 3.27. The fourth-order valence-corrected chi connectivity index (χ4v) is 2.91. The summed E-state index contributed by atoms with van der Waals surface area (Å²) in [4.78, 5) is 1.26. The quantitative estimate of drug-likeness (QED) is 0.757. The van der Waals surface area contributed by atoms with E-state index >= 15 is 0 Å². The molecule has 0 spiro atoms. The number of halogens is 1. The van der Waals surface area contributed by atoms with Crippen molar-refractivity contribution in [1.29, 1.82) is 0 Å². The van der Waals surface area contributed by atoms with E-state index in [4.69, 9.17) is 11.6 Å². The standard InChI is InChI=1S/C15H18ClNS/c1-10(2)12-4-6-13(7-5-12)17-11(3)14-8-9-15(16)18-14/h4-11,17H,1-3H3. The van der Waals surface area contributed by atoms with Gasteiger partial charge in [-0.2, -0.15) is 0 Å². The average Bonchev–Trinajstić information content (AvgIpc) is 2.76. The lowest BCUT2D eigenvalue weighted by atomic mass is 10.0. The number of nitrogens with one attached hydrogen (secondary N) is 1. The second-order valence-electron chi connectivity index (χ2n) is 4.78. The summed E-state index contributed by atoms with van der Waals surface area (Å²) >= 11 is 7.58. The van der Waals surface area contributed by atoms with Crippen LogP contribution in [0.1, 0.15) is 43.2 Å². The zero-order valence-electron chi connectivity index (χ0n) is 10.9. The molecule has 0 saturated heterocycles. The number of hydrogen-bond acceptors (Lipinski definition) is 2. The summed E-state index contributed by atoms with van der Waals surface area (Å²) < 4.78 is 0.841. The van der Waals surface area contributed by atoms with Crippen molar-refractivity contribution >= 4 is 28.6 Å². The van der Waals surface area contributed by atoms with E-state index in [2.05, 4.69) is 56.4 Å². The lowest BCUT2D eigenvalue weighted by Crippen LogP contribution is -2.04. The van der Waals surface area contributed by atoms with Gasteiger partial charge in [0.05, 0.1) is 10.4 Å². The molecule has 1 N–H and O–H groups in total. The Hall–Kier alpha value is -0.990. The van der Waals surface area contributed by atoms with Gasteiger partial charge in [-0.3, -0.25) is 0 Å². The Morgan fingerprint density at radius 2 is 1.67 bits per heavy atom. The molecular formula is C15H18ClNS. The maximum absolute atomic E-state index is 5.95. The van der Waals surface area contributed by atoms with Gasteiger partial charge in [-0.1, -0.05) is 37.6 Å². The van der Waals surface area contributed by atoms with Crippen molar-refractivity contribution in [2.75, 3.05) is 5.32 Å². The second kappa shape index (κ2) is 5.77. The highest BCUT2D eigenvalue weighted by Gasteiger charge is 2.08. The van der Waals surface area contributed by atoms with Crippen LogP contribution in [0.3, 0.4) is 0 Å². The summed E-state index contributed by atoms with van der Waals surface area (Å²) in [5, 5.41) is 3.49. The van der Waals surface area contributed by atoms with Crippen molar-refractivity contribution in [3.63, 3.8) is 0 Å². The third-order valence-electron chi connectivity index (χ3n) is 2.98. The van der Waals surface area contributed by atoms with Crippen LogP contribution in [-0.4, -0.2) is 0 Å². The highest BCUT2D eigenvalue weighted by Crippen LogP contribution is 2.29. The van der Waals surface area contributed by atoms with Crippen LogP contribution < -0.4 is 5.32 Å². The van der Waals surface area contributed by atoms with Gasteiger partial charge in [0, 0.05) is 10.6 Å². The molecule has 18 heavy (non-hydrogen) atoms. The summed E-state index contributed by atoms with van der Waals surface area (Å²) in [5.74, 6) is 0.576. The molecule has 0 saturated carbocycles. The van der Waals surface area contributed by atoms with Crippen LogP contribution in [0.25, 0.3) is 0 Å². The largest absolute Gasteiger partial charge is 0.378 e. The van der Waals surface area contributed by atoms with Crippen molar-refractivity contribution in [2.24, 2.45) is 0 Å². The van der Waals surface area contributed by atoms with Crippen LogP contribution in [-0.2, 0) is 0 Å². The molecule has 2 aromatic rings. The minimum atomic E-state index is 0.285. The first-order valence-electron chi connectivity index (χ1n) is 6.18. The minimum absolute atomic E-state index is 0.285. The average molecular weight is 280 g/mol. The third-order valence-corrected chi connectivity index (χ3v) is 4.40. The predicted octanol–water partition coefficient (Wildman–Crippen LogP) is 5.70. The summed E-state index contributed by atoms with van der Waals surface area (Å²) in [6.07, 6.45) is 0. The molecule has 2 rings (SSSR count). The van der Waals surface area contributed by atoms with Crippen LogP contribution in [0.15, 0.2) is 36.4 Å². The fourth-order valence-electron chi connectivity index (χ4n) is 1.85. The first kappa shape index (κ1) is 13.4. The van der Waals surface area contributed by atoms with Gasteiger partial charge in [-0.15, -0.1) is 11.3 Å². The summed E-state index contributed by atoms with van der Waals surface area (Å²) in [6, 6.07) is 13.0. The molecule has 0 fully saturated rings. The normalized spacial score (nSPS) is 12.7. The van der Waals surface area contributed by atoms with Crippen LogP contribution in [0, 0.1) is 0 Å². The molecule has 0 bridgehead atoms. The van der Waals surface area contributed by atoms with E-state index in [9.17, 15) is 0 Å². The molecule has 0 aliphatic heterocycles. The molecule has 0 amide bonds. The Balaban J connectivity index is 2.05. The number of rotatable bonds is 4. The van der Waals surface area contributed by atoms with Gasteiger partial charge in [0.2, 0.25) is 0 Å². The zero-order chi connectivity index (χ0) is 13.1. The van der Waals surface area contributed by atoms with Gasteiger partial charge in [0.1, 0.15) is 0 Å². The van der Waals surface area contributed by atoms with E-state index in [0.717, 1.165) is 10.0 Å². The molecule has 0 radical (unpaired) electrons. The van der Waals surface area contributed by atoms with Crippen LogP contribution >= 0.6 is 22.9 Å². The van der Waals surface area contributed by atoms with Crippen molar-refractivity contribution in [3.05, 3.63) is 51.2 Å². The van der Waals surface area contributed by atoms with Crippen molar-refractivity contribution < 1.29 is 0 Å². The molecule has 96 valence electrons. The van der Waals surface area contributed by atoms with Gasteiger partial charge in [0.15, 0.2) is 0 Å². The first-order valence-corrected chi connectivity index (χ1v) is 7.37. The molecular weight excluding hydrogens is 262 g/mol. The van der Waals surface area contributed by atoms with E-state index in [-0.39, 0.29) is 6.04 Å². The van der Waals surface area contributed by atoms with Crippen LogP contribution in [0.5, 0.6) is 0 Å². The number of anilines is 1. The highest BCUT2D eigenvalue weighted by atomic mass is 35.5. The molecule has 1 atom stereocenters. The number of hydrogen-bond donors (Lipinski definition) is 1. The van der Waals surface area contributed by atoms with Gasteiger partial charge < -0.3 is 5.32 Å². The summed E-state index contributed by atoms with van der Waals surface area (Å²) in [6.45, 7) is 6.57. The fraction of sp³-hybridized carbons (Fsp3) is 0.333. The Labute approximate surface area is 118 Å². The van der Waals surface area contributed by atoms with Crippen LogP contribution in [0.4, 0.5) is 5.69 Å². The Morgan fingerprint density at radius 1 is 1.00 bits per heavy atom.